The summed E-state index contributed by atoms with van der Waals surface area (Å²) in [5.41, 5.74) is 3.47. The third kappa shape index (κ3) is 3.07. The molecule has 0 saturated carbocycles. The topological polar surface area (TPSA) is 29.9 Å². The molecule has 0 bridgehead atoms. The van der Waals surface area contributed by atoms with E-state index < -0.39 is 0 Å². The summed E-state index contributed by atoms with van der Waals surface area (Å²) < 4.78 is 8.71. The quantitative estimate of drug-likeness (QED) is 0.679. The highest BCUT2D eigenvalue weighted by Crippen LogP contribution is 2.20. The van der Waals surface area contributed by atoms with Crippen LogP contribution in [0.5, 0.6) is 5.75 Å². The summed E-state index contributed by atoms with van der Waals surface area (Å²) in [4.78, 5) is 3.22. The number of para-hydroxylation sites is 2. The second kappa shape index (κ2) is 6.36. The van der Waals surface area contributed by atoms with E-state index in [9.17, 15) is 0 Å². The summed E-state index contributed by atoms with van der Waals surface area (Å²) in [6.07, 6.45) is 0. The van der Waals surface area contributed by atoms with Crippen molar-refractivity contribution in [3.05, 3.63) is 58.9 Å². The predicted octanol–water partition coefficient (Wildman–Crippen LogP) is 4.90. The van der Waals surface area contributed by atoms with E-state index in [1.54, 1.807) is 0 Å². The molecular formula is C18H20N2OS. The number of hydrogen-bond acceptors (Lipinski definition) is 2. The number of aromatic amines is 1. The maximum Gasteiger partial charge on any atom is 0.178 e. The molecule has 2 aromatic carbocycles. The SMILES string of the molecule is CC(C)c1cccc(OCCn2c(=S)[nH]c3ccccc32)c1. The molecule has 3 aromatic rings. The van der Waals surface area contributed by atoms with E-state index in [1.165, 1.54) is 5.56 Å². The van der Waals surface area contributed by atoms with Gasteiger partial charge in [0.1, 0.15) is 12.4 Å². The molecule has 0 amide bonds. The Morgan fingerprint density at radius 1 is 1.14 bits per heavy atom. The van der Waals surface area contributed by atoms with Gasteiger partial charge < -0.3 is 14.3 Å². The molecule has 0 fully saturated rings. The van der Waals surface area contributed by atoms with Crippen LogP contribution in [0.15, 0.2) is 48.5 Å². The molecule has 0 saturated heterocycles. The highest BCUT2D eigenvalue weighted by molar-refractivity contribution is 7.71. The van der Waals surface area contributed by atoms with Crippen molar-refractivity contribution in [1.29, 1.82) is 0 Å². The highest BCUT2D eigenvalue weighted by atomic mass is 32.1. The van der Waals surface area contributed by atoms with Gasteiger partial charge in [-0.3, -0.25) is 0 Å². The van der Waals surface area contributed by atoms with Crippen molar-refractivity contribution in [3.63, 3.8) is 0 Å². The number of nitrogens with zero attached hydrogens (tertiary/aromatic N) is 1. The Morgan fingerprint density at radius 2 is 1.95 bits per heavy atom. The maximum atomic E-state index is 5.89. The first-order valence-electron chi connectivity index (χ1n) is 7.55. The van der Waals surface area contributed by atoms with Crippen LogP contribution >= 0.6 is 12.2 Å². The summed E-state index contributed by atoms with van der Waals surface area (Å²) in [6.45, 7) is 5.70. The first-order chi connectivity index (χ1) is 10.6. The van der Waals surface area contributed by atoms with E-state index in [0.717, 1.165) is 28.1 Å². The minimum atomic E-state index is 0.505. The summed E-state index contributed by atoms with van der Waals surface area (Å²) in [7, 11) is 0. The van der Waals surface area contributed by atoms with Crippen molar-refractivity contribution < 1.29 is 4.74 Å². The van der Waals surface area contributed by atoms with Crippen molar-refractivity contribution in [2.45, 2.75) is 26.3 Å². The molecule has 1 N–H and O–H groups in total. The number of fused-ring (bicyclic) bond motifs is 1. The molecule has 0 unspecified atom stereocenters. The van der Waals surface area contributed by atoms with Crippen LogP contribution in [0.25, 0.3) is 11.0 Å². The molecule has 0 aliphatic heterocycles. The first kappa shape index (κ1) is 14.9. The van der Waals surface area contributed by atoms with Gasteiger partial charge in [-0.1, -0.05) is 38.1 Å². The molecular weight excluding hydrogens is 292 g/mol. The van der Waals surface area contributed by atoms with E-state index >= 15 is 0 Å². The third-order valence-electron chi connectivity index (χ3n) is 3.79. The van der Waals surface area contributed by atoms with E-state index in [0.29, 0.717) is 12.5 Å². The van der Waals surface area contributed by atoms with Crippen LogP contribution in [-0.4, -0.2) is 16.2 Å². The number of imidazole rings is 1. The van der Waals surface area contributed by atoms with Gasteiger partial charge in [0.15, 0.2) is 4.77 Å². The molecule has 0 spiro atoms. The van der Waals surface area contributed by atoms with Gasteiger partial charge in [0, 0.05) is 0 Å². The van der Waals surface area contributed by atoms with Gasteiger partial charge in [-0.15, -0.1) is 0 Å². The average molecular weight is 312 g/mol. The van der Waals surface area contributed by atoms with Crippen LogP contribution in [-0.2, 0) is 6.54 Å². The Morgan fingerprint density at radius 3 is 2.77 bits per heavy atom. The monoisotopic (exact) mass is 312 g/mol. The Balaban J connectivity index is 1.71. The highest BCUT2D eigenvalue weighted by Gasteiger charge is 2.04. The number of rotatable bonds is 5. The lowest BCUT2D eigenvalue weighted by atomic mass is 10.0. The summed E-state index contributed by atoms with van der Waals surface area (Å²) in [5.74, 6) is 1.42. The number of H-pyrrole nitrogens is 1. The van der Waals surface area contributed by atoms with E-state index in [2.05, 4.69) is 41.6 Å². The van der Waals surface area contributed by atoms with Gasteiger partial charge in [0.25, 0.3) is 0 Å². The lowest BCUT2D eigenvalue weighted by Gasteiger charge is -2.10. The van der Waals surface area contributed by atoms with Gasteiger partial charge in [-0.25, -0.2) is 0 Å². The van der Waals surface area contributed by atoms with Crippen LogP contribution in [0.3, 0.4) is 0 Å². The van der Waals surface area contributed by atoms with E-state index in [4.69, 9.17) is 17.0 Å². The second-order valence-corrected chi connectivity index (χ2v) is 6.06. The Hall–Kier alpha value is -2.07. The number of benzene rings is 2. The smallest absolute Gasteiger partial charge is 0.178 e. The molecule has 0 aliphatic rings. The average Bonchev–Trinajstić information content (AvgIpc) is 2.84. The zero-order chi connectivity index (χ0) is 15.5. The van der Waals surface area contributed by atoms with Crippen molar-refractivity contribution >= 4 is 23.3 Å². The molecule has 22 heavy (non-hydrogen) atoms. The number of aromatic nitrogens is 2. The standard InChI is InChI=1S/C18H20N2OS/c1-13(2)14-6-5-7-15(12-14)21-11-10-20-17-9-4-3-8-16(17)19-18(20)22/h3-9,12-13H,10-11H2,1-2H3,(H,19,22). The van der Waals surface area contributed by atoms with Gasteiger partial charge in [-0.05, 0) is 48.0 Å². The number of nitrogens with one attached hydrogen (secondary N) is 1. The predicted molar refractivity (Wildman–Crippen MR) is 93.1 cm³/mol. The van der Waals surface area contributed by atoms with E-state index in [1.807, 2.05) is 30.3 Å². The minimum absolute atomic E-state index is 0.505. The second-order valence-electron chi connectivity index (χ2n) is 5.67. The Bertz CT molecular complexity index is 832. The van der Waals surface area contributed by atoms with Crippen LogP contribution in [0.1, 0.15) is 25.3 Å². The number of ether oxygens (including phenoxy) is 1. The van der Waals surface area contributed by atoms with E-state index in [-0.39, 0.29) is 0 Å². The molecule has 114 valence electrons. The van der Waals surface area contributed by atoms with Gasteiger partial charge >= 0.3 is 0 Å². The molecule has 3 rings (SSSR count). The fourth-order valence-corrected chi connectivity index (χ4v) is 2.85. The van der Waals surface area contributed by atoms with Crippen LogP contribution in [0, 0.1) is 4.77 Å². The number of hydrogen-bond donors (Lipinski definition) is 1. The molecule has 0 radical (unpaired) electrons. The van der Waals surface area contributed by atoms with Crippen LogP contribution in [0.4, 0.5) is 0 Å². The minimum Gasteiger partial charge on any atom is -0.492 e. The molecule has 0 aliphatic carbocycles. The van der Waals surface area contributed by atoms with Gasteiger partial charge in [-0.2, -0.15) is 0 Å². The normalized spacial score (nSPS) is 11.2. The molecule has 1 aromatic heterocycles. The van der Waals surface area contributed by atoms with Gasteiger partial charge in [0.05, 0.1) is 17.6 Å². The lowest BCUT2D eigenvalue weighted by Crippen LogP contribution is -2.08. The van der Waals surface area contributed by atoms with Crippen molar-refractivity contribution in [3.8, 4) is 5.75 Å². The zero-order valence-electron chi connectivity index (χ0n) is 12.9. The summed E-state index contributed by atoms with van der Waals surface area (Å²) in [6, 6.07) is 16.4. The van der Waals surface area contributed by atoms with Crippen molar-refractivity contribution in [2.75, 3.05) is 6.61 Å². The third-order valence-corrected chi connectivity index (χ3v) is 4.11. The van der Waals surface area contributed by atoms with Crippen molar-refractivity contribution in [1.82, 2.24) is 9.55 Å². The zero-order valence-corrected chi connectivity index (χ0v) is 13.7. The fraction of sp³-hybridized carbons (Fsp3) is 0.278. The molecule has 4 heteroatoms. The largest absolute Gasteiger partial charge is 0.492 e. The Labute approximate surface area is 135 Å². The summed E-state index contributed by atoms with van der Waals surface area (Å²) in [5, 5.41) is 0. The lowest BCUT2D eigenvalue weighted by molar-refractivity contribution is 0.299. The maximum absolute atomic E-state index is 5.89. The van der Waals surface area contributed by atoms with Crippen LogP contribution in [0.2, 0.25) is 0 Å². The molecule has 0 atom stereocenters. The fourth-order valence-electron chi connectivity index (χ4n) is 2.55. The molecule has 3 nitrogen and oxygen atoms in total. The first-order valence-corrected chi connectivity index (χ1v) is 7.96. The molecule has 1 heterocycles. The Kier molecular flexibility index (Phi) is 4.29. The summed E-state index contributed by atoms with van der Waals surface area (Å²) >= 11 is 5.39. The van der Waals surface area contributed by atoms with Crippen LogP contribution < -0.4 is 4.74 Å². The van der Waals surface area contributed by atoms with Gasteiger partial charge in [0.2, 0.25) is 0 Å². The van der Waals surface area contributed by atoms with Crippen molar-refractivity contribution in [2.24, 2.45) is 0 Å².